The molecule has 1 saturated heterocycles. The summed E-state index contributed by atoms with van der Waals surface area (Å²) in [5.41, 5.74) is 1.54. The van der Waals surface area contributed by atoms with Crippen molar-refractivity contribution in [1.29, 1.82) is 5.26 Å². The SMILES string of the molecule is N#Cc1cc(N2CCN(Cc3cc(=O)n4ccsc4n3)CC2)nc2ccc([N+](=O)[O-])cc12. The fraction of sp³-hybridized carbons (Fsp3) is 0.238. The standard InChI is InChI=1S/C21H17N7O3S/c22-12-14-9-19(24-18-2-1-16(28(30)31)11-17(14)18)26-5-3-25(4-6-26)13-15-10-20(29)27-7-8-32-21(27)23-15/h1-2,7-11H,3-6,13H2. The summed E-state index contributed by atoms with van der Waals surface area (Å²) >= 11 is 1.44. The fourth-order valence-electron chi connectivity index (χ4n) is 3.90. The maximum atomic E-state index is 12.2. The summed E-state index contributed by atoms with van der Waals surface area (Å²) in [5, 5.41) is 22.9. The number of benzene rings is 1. The van der Waals surface area contributed by atoms with Crippen molar-refractivity contribution in [2.45, 2.75) is 6.54 Å². The highest BCUT2D eigenvalue weighted by Gasteiger charge is 2.21. The number of piperazine rings is 1. The van der Waals surface area contributed by atoms with Crippen molar-refractivity contribution in [2.75, 3.05) is 31.1 Å². The summed E-state index contributed by atoms with van der Waals surface area (Å²) in [6, 6.07) is 9.78. The highest BCUT2D eigenvalue weighted by Crippen LogP contribution is 2.27. The number of nitrogens with zero attached hydrogens (tertiary/aromatic N) is 7. The molecular weight excluding hydrogens is 430 g/mol. The average Bonchev–Trinajstić information content (AvgIpc) is 3.27. The van der Waals surface area contributed by atoms with Crippen molar-refractivity contribution in [2.24, 2.45) is 0 Å². The first-order valence-electron chi connectivity index (χ1n) is 9.94. The van der Waals surface area contributed by atoms with Crippen molar-refractivity contribution in [3.8, 4) is 6.07 Å². The number of nitro groups is 1. The van der Waals surface area contributed by atoms with Gasteiger partial charge in [-0.15, -0.1) is 11.3 Å². The van der Waals surface area contributed by atoms with Gasteiger partial charge in [-0.25, -0.2) is 9.97 Å². The zero-order valence-electron chi connectivity index (χ0n) is 16.8. The Morgan fingerprint density at radius 3 is 2.72 bits per heavy atom. The van der Waals surface area contributed by atoms with Gasteiger partial charge in [0.15, 0.2) is 4.96 Å². The zero-order valence-corrected chi connectivity index (χ0v) is 17.7. The minimum absolute atomic E-state index is 0.0638. The molecule has 32 heavy (non-hydrogen) atoms. The second kappa shape index (κ2) is 7.99. The van der Waals surface area contributed by atoms with E-state index in [-0.39, 0.29) is 11.2 Å². The monoisotopic (exact) mass is 447 g/mol. The summed E-state index contributed by atoms with van der Waals surface area (Å²) in [5.74, 6) is 0.680. The summed E-state index contributed by atoms with van der Waals surface area (Å²) < 4.78 is 1.54. The second-order valence-corrected chi connectivity index (χ2v) is 8.38. The topological polar surface area (TPSA) is 121 Å². The lowest BCUT2D eigenvalue weighted by molar-refractivity contribution is -0.384. The Kier molecular flexibility index (Phi) is 5.01. The number of hydrogen-bond donors (Lipinski definition) is 0. The van der Waals surface area contributed by atoms with Gasteiger partial charge in [0.1, 0.15) is 5.82 Å². The zero-order chi connectivity index (χ0) is 22.2. The van der Waals surface area contributed by atoms with E-state index >= 15 is 0 Å². The van der Waals surface area contributed by atoms with Gasteiger partial charge in [0.25, 0.3) is 11.2 Å². The number of pyridine rings is 1. The molecule has 0 unspecified atom stereocenters. The Labute approximate surface area is 185 Å². The fourth-order valence-corrected chi connectivity index (χ4v) is 4.64. The molecule has 0 spiro atoms. The van der Waals surface area contributed by atoms with Gasteiger partial charge >= 0.3 is 0 Å². The number of anilines is 1. The van der Waals surface area contributed by atoms with Crippen LogP contribution in [0.25, 0.3) is 15.9 Å². The molecule has 1 aliphatic heterocycles. The van der Waals surface area contributed by atoms with Crippen LogP contribution in [0.15, 0.2) is 46.7 Å². The first kappa shape index (κ1) is 20.0. The van der Waals surface area contributed by atoms with E-state index in [4.69, 9.17) is 0 Å². The van der Waals surface area contributed by atoms with Crippen molar-refractivity contribution < 1.29 is 4.92 Å². The Morgan fingerprint density at radius 2 is 1.97 bits per heavy atom. The minimum Gasteiger partial charge on any atom is -0.354 e. The molecule has 1 aliphatic rings. The van der Waals surface area contributed by atoms with Gasteiger partial charge in [-0.05, 0) is 12.1 Å². The van der Waals surface area contributed by atoms with Crippen LogP contribution in [0.3, 0.4) is 0 Å². The van der Waals surface area contributed by atoms with Gasteiger partial charge in [-0.3, -0.25) is 24.2 Å². The van der Waals surface area contributed by atoms with Crippen molar-refractivity contribution in [3.63, 3.8) is 0 Å². The largest absolute Gasteiger partial charge is 0.354 e. The third-order valence-electron chi connectivity index (χ3n) is 5.55. The maximum Gasteiger partial charge on any atom is 0.270 e. The molecule has 4 heterocycles. The van der Waals surface area contributed by atoms with E-state index in [0.29, 0.717) is 46.9 Å². The number of hydrogen-bond acceptors (Lipinski definition) is 9. The highest BCUT2D eigenvalue weighted by molar-refractivity contribution is 7.15. The van der Waals surface area contributed by atoms with Crippen LogP contribution >= 0.6 is 11.3 Å². The first-order valence-corrected chi connectivity index (χ1v) is 10.8. The summed E-state index contributed by atoms with van der Waals surface area (Å²) in [6.45, 7) is 3.52. The Morgan fingerprint density at radius 1 is 1.16 bits per heavy atom. The van der Waals surface area contributed by atoms with Crippen LogP contribution < -0.4 is 10.5 Å². The normalized spacial score (nSPS) is 14.7. The molecule has 10 nitrogen and oxygen atoms in total. The number of nitro benzene ring substituents is 1. The van der Waals surface area contributed by atoms with E-state index < -0.39 is 4.92 Å². The molecule has 5 rings (SSSR count). The first-order chi connectivity index (χ1) is 15.5. The molecule has 11 heteroatoms. The van der Waals surface area contributed by atoms with Crippen LogP contribution in [0, 0.1) is 21.4 Å². The second-order valence-electron chi connectivity index (χ2n) is 7.50. The minimum atomic E-state index is -0.479. The van der Waals surface area contributed by atoms with E-state index in [1.165, 1.54) is 23.5 Å². The van der Waals surface area contributed by atoms with Crippen LogP contribution in [-0.4, -0.2) is 50.4 Å². The van der Waals surface area contributed by atoms with Gasteiger partial charge in [0.05, 0.1) is 27.8 Å². The summed E-state index contributed by atoms with van der Waals surface area (Å²) in [6.07, 6.45) is 1.72. The van der Waals surface area contributed by atoms with Crippen molar-refractivity contribution in [3.05, 3.63) is 73.6 Å². The lowest BCUT2D eigenvalue weighted by atomic mass is 10.1. The maximum absolute atomic E-state index is 12.2. The predicted octanol–water partition coefficient (Wildman–Crippen LogP) is 2.41. The van der Waals surface area contributed by atoms with E-state index in [9.17, 15) is 20.2 Å². The summed E-state index contributed by atoms with van der Waals surface area (Å²) in [7, 11) is 0. The van der Waals surface area contributed by atoms with Gasteiger partial charge < -0.3 is 4.90 Å². The highest BCUT2D eigenvalue weighted by atomic mass is 32.1. The Bertz CT molecular complexity index is 1450. The quantitative estimate of drug-likeness (QED) is 0.345. The molecule has 4 aromatic rings. The van der Waals surface area contributed by atoms with Crippen molar-refractivity contribution in [1.82, 2.24) is 19.3 Å². The molecule has 0 atom stereocenters. The Hall–Kier alpha value is -3.88. The van der Waals surface area contributed by atoms with Crippen molar-refractivity contribution >= 4 is 38.7 Å². The van der Waals surface area contributed by atoms with Gasteiger partial charge in [0, 0.05) is 67.9 Å². The van der Waals surface area contributed by atoms with Crippen LogP contribution in [-0.2, 0) is 6.54 Å². The molecule has 1 aromatic carbocycles. The molecule has 160 valence electrons. The molecule has 3 aromatic heterocycles. The smallest absolute Gasteiger partial charge is 0.270 e. The number of rotatable bonds is 4. The number of aromatic nitrogens is 3. The average molecular weight is 447 g/mol. The van der Waals surface area contributed by atoms with Crippen LogP contribution in [0.2, 0.25) is 0 Å². The van der Waals surface area contributed by atoms with E-state index in [1.807, 2.05) is 5.38 Å². The van der Waals surface area contributed by atoms with Gasteiger partial charge in [-0.1, -0.05) is 0 Å². The number of non-ortho nitro benzene ring substituents is 1. The lowest BCUT2D eigenvalue weighted by Gasteiger charge is -2.35. The van der Waals surface area contributed by atoms with E-state index in [2.05, 4.69) is 25.8 Å². The van der Waals surface area contributed by atoms with Gasteiger partial charge in [0.2, 0.25) is 0 Å². The number of thiazole rings is 1. The number of fused-ring (bicyclic) bond motifs is 2. The molecule has 0 radical (unpaired) electrons. The van der Waals surface area contributed by atoms with Crippen LogP contribution in [0.1, 0.15) is 11.3 Å². The molecule has 0 N–H and O–H groups in total. The number of nitriles is 1. The molecule has 0 aliphatic carbocycles. The summed E-state index contributed by atoms with van der Waals surface area (Å²) in [4.78, 5) is 37.0. The van der Waals surface area contributed by atoms with Crippen LogP contribution in [0.4, 0.5) is 11.5 Å². The van der Waals surface area contributed by atoms with Crippen LogP contribution in [0.5, 0.6) is 0 Å². The van der Waals surface area contributed by atoms with E-state index in [0.717, 1.165) is 18.8 Å². The lowest BCUT2D eigenvalue weighted by Crippen LogP contribution is -2.46. The third-order valence-corrected chi connectivity index (χ3v) is 6.30. The van der Waals surface area contributed by atoms with Gasteiger partial charge in [-0.2, -0.15) is 5.26 Å². The predicted molar refractivity (Wildman–Crippen MR) is 120 cm³/mol. The Balaban J connectivity index is 1.33. The third kappa shape index (κ3) is 3.66. The molecule has 1 fully saturated rings. The molecule has 0 bridgehead atoms. The van der Waals surface area contributed by atoms with E-state index in [1.54, 1.807) is 28.8 Å². The molecular formula is C21H17N7O3S. The molecule has 0 saturated carbocycles. The molecule has 0 amide bonds.